The average molecular weight is 686 g/mol. The van der Waals surface area contributed by atoms with E-state index in [1.807, 2.05) is 0 Å². The van der Waals surface area contributed by atoms with Crippen LogP contribution in [0.25, 0.3) is 43.8 Å². The molecule has 0 unspecified atom stereocenters. The topological polar surface area (TPSA) is 0 Å². The van der Waals surface area contributed by atoms with Crippen LogP contribution < -0.4 is 0 Å². The van der Waals surface area contributed by atoms with E-state index in [1.165, 1.54) is 101 Å². The van der Waals surface area contributed by atoms with Crippen molar-refractivity contribution in [1.82, 2.24) is 0 Å². The maximum atomic E-state index is 3.06. The Kier molecular flexibility index (Phi) is 13.8. The number of aryl methyl sites for hydroxylation is 4. The van der Waals surface area contributed by atoms with Gasteiger partial charge in [0, 0.05) is 0 Å². The van der Waals surface area contributed by atoms with Gasteiger partial charge in [-0.25, -0.2) is 0 Å². The van der Waals surface area contributed by atoms with E-state index >= 15 is 0 Å². The Morgan fingerprint density at radius 3 is 1.82 bits per heavy atom. The Bertz CT molecular complexity index is 1820. The molecule has 0 atom stereocenters. The molecule has 0 aliphatic carbocycles. The van der Waals surface area contributed by atoms with Crippen LogP contribution in [0.15, 0.2) is 97.1 Å². The predicted octanol–water partition coefficient (Wildman–Crippen LogP) is 12.6. The molecule has 0 nitrogen and oxygen atoms in total. The van der Waals surface area contributed by atoms with Crippen molar-refractivity contribution < 1.29 is 23.3 Å². The summed E-state index contributed by atoms with van der Waals surface area (Å²) < 4.78 is 0. The molecule has 0 bridgehead atoms. The molecular weight excluding hydrogens is 636 g/mol. The number of rotatable bonds is 3. The second-order valence-corrected chi connectivity index (χ2v) is 13.1. The van der Waals surface area contributed by atoms with Gasteiger partial charge in [0.05, 0.1) is 0 Å². The normalized spacial score (nSPS) is 10.8. The standard InChI is InChI=1S/C21H23.C20H21.2CH3.Si.Zr/c1-14-12-19-15(2)6-11-18(20(19)13-14)16-7-9-17(10-8-16)21(3,4)5;1-13(2)17-11-16-9-6-10-18(19(16)12-17)20-14(3)7-5-8-15(20)4;;;;/h6-13H,1-5H3;5-13H,1-4H3;2*1H3;;/q4*-1;;. The minimum absolute atomic E-state index is 0. The zero-order valence-corrected chi connectivity index (χ0v) is 32.8. The van der Waals surface area contributed by atoms with E-state index in [4.69, 9.17) is 0 Å². The Morgan fingerprint density at radius 2 is 1.24 bits per heavy atom. The van der Waals surface area contributed by atoms with Gasteiger partial charge in [0.1, 0.15) is 0 Å². The van der Waals surface area contributed by atoms with E-state index < -0.39 is 0 Å². The van der Waals surface area contributed by atoms with Gasteiger partial charge in [-0.15, -0.1) is 68.6 Å². The van der Waals surface area contributed by atoms with Gasteiger partial charge in [-0.1, -0.05) is 114 Å². The zero-order valence-electron chi connectivity index (χ0n) is 29.3. The molecule has 2 heteroatoms. The van der Waals surface area contributed by atoms with Crippen LogP contribution in [0.4, 0.5) is 0 Å². The molecule has 0 amide bonds. The molecule has 45 heavy (non-hydrogen) atoms. The molecule has 6 rings (SSSR count). The van der Waals surface area contributed by atoms with Crippen molar-refractivity contribution in [2.24, 2.45) is 0 Å². The summed E-state index contributed by atoms with van der Waals surface area (Å²) in [5.41, 5.74) is 13.8. The van der Waals surface area contributed by atoms with Gasteiger partial charge in [0.25, 0.3) is 0 Å². The Labute approximate surface area is 291 Å². The third-order valence-corrected chi connectivity index (χ3v) is 8.50. The molecule has 0 saturated heterocycles. The molecule has 234 valence electrons. The SMILES string of the molecule is Cc1cc2c(-c3ccc(C(C)(C)C)cc3)ccc(C)c2[cH-]1.Cc1cccc(C)c1-c1cccc2[cH-]c(C(C)C)cc12.[CH3-].[CH3-].[Si]=[Zr]. The molecule has 0 saturated carbocycles. The van der Waals surface area contributed by atoms with Gasteiger partial charge in [-0.3, -0.25) is 0 Å². The molecule has 0 aromatic heterocycles. The van der Waals surface area contributed by atoms with Crippen LogP contribution in [-0.2, 0) is 28.8 Å². The van der Waals surface area contributed by atoms with Crippen molar-refractivity contribution in [3.8, 4) is 22.3 Å². The summed E-state index contributed by atoms with van der Waals surface area (Å²) in [7, 11) is 0. The first-order chi connectivity index (χ1) is 20.4. The van der Waals surface area contributed by atoms with E-state index in [-0.39, 0.29) is 20.3 Å². The number of benzene rings is 4. The second-order valence-electron chi connectivity index (χ2n) is 13.1. The Balaban J connectivity index is 0.000000285. The summed E-state index contributed by atoms with van der Waals surface area (Å²) in [6.07, 6.45) is 0. The molecule has 0 aliphatic rings. The van der Waals surface area contributed by atoms with E-state index in [0.29, 0.717) is 5.92 Å². The maximum absolute atomic E-state index is 3.06. The van der Waals surface area contributed by atoms with Crippen LogP contribution in [-0.4, -0.2) is 6.88 Å². The Hall–Kier alpha value is -2.80. The van der Waals surface area contributed by atoms with Gasteiger partial charge < -0.3 is 14.9 Å². The van der Waals surface area contributed by atoms with Gasteiger partial charge in [-0.2, -0.15) is 12.1 Å². The molecular formula is C43H50SiZr-4. The zero-order chi connectivity index (χ0) is 31.5. The van der Waals surface area contributed by atoms with Crippen LogP contribution in [0.1, 0.15) is 73.9 Å². The average Bonchev–Trinajstić information content (AvgIpc) is 3.59. The molecule has 2 radical (unpaired) electrons. The minimum atomic E-state index is 0. The fraction of sp³-hybridized carbons (Fsp3) is 0.256. The summed E-state index contributed by atoms with van der Waals surface area (Å²) >= 11 is 1.36. The number of fused-ring (bicyclic) bond motifs is 2. The van der Waals surface area contributed by atoms with Gasteiger partial charge in [-0.05, 0) is 53.0 Å². The van der Waals surface area contributed by atoms with Gasteiger partial charge >= 0.3 is 30.2 Å². The molecule has 0 heterocycles. The fourth-order valence-corrected chi connectivity index (χ4v) is 6.04. The molecule has 0 aliphatic heterocycles. The summed E-state index contributed by atoms with van der Waals surface area (Å²) in [4.78, 5) is 0. The molecule has 0 fully saturated rings. The fourth-order valence-electron chi connectivity index (χ4n) is 6.04. The molecule has 0 N–H and O–H groups in total. The first kappa shape index (κ1) is 38.4. The van der Waals surface area contributed by atoms with Gasteiger partial charge in [0.15, 0.2) is 0 Å². The Morgan fingerprint density at radius 1 is 0.644 bits per heavy atom. The molecule has 0 spiro atoms. The second kappa shape index (κ2) is 16.2. The third kappa shape index (κ3) is 8.52. The van der Waals surface area contributed by atoms with Crippen molar-refractivity contribution in [3.63, 3.8) is 0 Å². The number of hydrogen-bond acceptors (Lipinski definition) is 0. The van der Waals surface area contributed by atoms with E-state index in [2.05, 4.69) is 166 Å². The van der Waals surface area contributed by atoms with Crippen LogP contribution in [0, 0.1) is 42.5 Å². The summed E-state index contributed by atoms with van der Waals surface area (Å²) in [6, 6.07) is 36.0. The van der Waals surface area contributed by atoms with E-state index in [1.54, 1.807) is 0 Å². The quantitative estimate of drug-likeness (QED) is 0.128. The molecule has 6 aromatic carbocycles. The van der Waals surface area contributed by atoms with Gasteiger partial charge in [0.2, 0.25) is 0 Å². The van der Waals surface area contributed by atoms with Crippen molar-refractivity contribution in [3.05, 3.63) is 145 Å². The van der Waals surface area contributed by atoms with E-state index in [0.717, 1.165) is 0 Å². The van der Waals surface area contributed by atoms with Crippen LogP contribution in [0.5, 0.6) is 0 Å². The van der Waals surface area contributed by atoms with Crippen LogP contribution in [0.2, 0.25) is 0 Å². The monoisotopic (exact) mass is 684 g/mol. The van der Waals surface area contributed by atoms with E-state index in [9.17, 15) is 0 Å². The van der Waals surface area contributed by atoms with Crippen LogP contribution >= 0.6 is 0 Å². The van der Waals surface area contributed by atoms with Crippen LogP contribution in [0.3, 0.4) is 0 Å². The first-order valence-electron chi connectivity index (χ1n) is 15.2. The summed E-state index contributed by atoms with van der Waals surface area (Å²) in [6.45, 7) is 23.1. The third-order valence-electron chi connectivity index (χ3n) is 8.50. The van der Waals surface area contributed by atoms with Crippen molar-refractivity contribution >= 4 is 28.4 Å². The predicted molar refractivity (Wildman–Crippen MR) is 200 cm³/mol. The first-order valence-corrected chi connectivity index (χ1v) is 19.4. The number of hydrogen-bond donors (Lipinski definition) is 0. The summed E-state index contributed by atoms with van der Waals surface area (Å²) in [5.74, 6) is 0.577. The van der Waals surface area contributed by atoms with Crippen molar-refractivity contribution in [2.45, 2.75) is 73.6 Å². The molecule has 6 aromatic rings. The van der Waals surface area contributed by atoms with Crippen molar-refractivity contribution in [1.29, 1.82) is 0 Å². The van der Waals surface area contributed by atoms with Crippen molar-refractivity contribution in [2.75, 3.05) is 0 Å². The summed E-state index contributed by atoms with van der Waals surface area (Å²) in [5, 5.41) is 5.49.